The van der Waals surface area contributed by atoms with Crippen molar-refractivity contribution in [3.8, 4) is 5.75 Å². The van der Waals surface area contributed by atoms with Crippen molar-refractivity contribution in [2.75, 3.05) is 7.11 Å². The van der Waals surface area contributed by atoms with E-state index in [1.54, 1.807) is 16.2 Å². The van der Waals surface area contributed by atoms with E-state index < -0.39 is 12.0 Å². The summed E-state index contributed by atoms with van der Waals surface area (Å²) in [5.74, 6) is -0.154. The summed E-state index contributed by atoms with van der Waals surface area (Å²) < 4.78 is 8.81. The van der Waals surface area contributed by atoms with Gasteiger partial charge >= 0.3 is 11.7 Å². The predicted octanol–water partition coefficient (Wildman–Crippen LogP) is 4.72. The molecule has 162 valence electrons. The number of imidazole rings is 1. The maximum Gasteiger partial charge on any atom is 0.329 e. The second-order valence-corrected chi connectivity index (χ2v) is 7.88. The highest BCUT2D eigenvalue weighted by Crippen LogP contribution is 2.32. The number of carbonyl (C=O) groups is 1. The fourth-order valence-corrected chi connectivity index (χ4v) is 4.51. The lowest BCUT2D eigenvalue weighted by Gasteiger charge is -2.16. The third-order valence-electron chi connectivity index (χ3n) is 5.97. The maximum atomic E-state index is 13.7. The number of fused-ring (bicyclic) bond motifs is 2. The quantitative estimate of drug-likeness (QED) is 0.431. The standard InChI is InChI=1S/C24H27N3O4/c1-4-7-16(12-23(28)29)27-22-9-6-5-8-21(22)26(24(27)30)15(2)19-14-25-20-11-10-17(31-3)13-18(19)20/h5-6,8-11,13-16,25H,4,7,12H2,1-3H3,(H,28,29). The van der Waals surface area contributed by atoms with Gasteiger partial charge < -0.3 is 14.8 Å². The number of ether oxygens (including phenoxy) is 1. The molecule has 2 aromatic carbocycles. The highest BCUT2D eigenvalue weighted by Gasteiger charge is 2.25. The number of H-pyrrole nitrogens is 1. The summed E-state index contributed by atoms with van der Waals surface area (Å²) in [6, 6.07) is 12.8. The van der Waals surface area contributed by atoms with E-state index in [2.05, 4.69) is 4.98 Å². The van der Waals surface area contributed by atoms with E-state index in [1.807, 2.05) is 62.5 Å². The van der Waals surface area contributed by atoms with Gasteiger partial charge in [0.15, 0.2) is 0 Å². The van der Waals surface area contributed by atoms with Crippen molar-refractivity contribution in [3.05, 3.63) is 64.7 Å². The fraction of sp³-hybridized carbons (Fsp3) is 0.333. The molecule has 0 saturated carbocycles. The van der Waals surface area contributed by atoms with Crippen molar-refractivity contribution in [3.63, 3.8) is 0 Å². The molecule has 0 spiro atoms. The summed E-state index contributed by atoms with van der Waals surface area (Å²) in [7, 11) is 1.63. The first-order chi connectivity index (χ1) is 15.0. The van der Waals surface area contributed by atoms with Crippen molar-refractivity contribution in [1.82, 2.24) is 14.1 Å². The highest BCUT2D eigenvalue weighted by atomic mass is 16.5. The Kier molecular flexibility index (Phi) is 5.59. The molecule has 7 heteroatoms. The first-order valence-corrected chi connectivity index (χ1v) is 10.5. The third-order valence-corrected chi connectivity index (χ3v) is 5.97. The Hall–Kier alpha value is -3.48. The molecule has 0 saturated heterocycles. The summed E-state index contributed by atoms with van der Waals surface area (Å²) in [4.78, 5) is 28.5. The minimum Gasteiger partial charge on any atom is -0.497 e. The van der Waals surface area contributed by atoms with E-state index in [0.29, 0.717) is 6.42 Å². The van der Waals surface area contributed by atoms with E-state index in [1.165, 1.54) is 0 Å². The molecule has 4 rings (SSSR count). The van der Waals surface area contributed by atoms with Crippen molar-refractivity contribution >= 4 is 27.9 Å². The van der Waals surface area contributed by atoms with Crippen LogP contribution in [0.25, 0.3) is 21.9 Å². The predicted molar refractivity (Wildman–Crippen MR) is 121 cm³/mol. The molecule has 4 aromatic rings. The normalized spacial score (nSPS) is 13.5. The summed E-state index contributed by atoms with van der Waals surface area (Å²) >= 11 is 0. The van der Waals surface area contributed by atoms with Gasteiger partial charge in [-0.1, -0.05) is 25.5 Å². The minimum atomic E-state index is -0.904. The van der Waals surface area contributed by atoms with Crippen LogP contribution in [0, 0.1) is 0 Å². The molecular weight excluding hydrogens is 394 g/mol. The van der Waals surface area contributed by atoms with Crippen molar-refractivity contribution in [1.29, 1.82) is 0 Å². The van der Waals surface area contributed by atoms with Crippen LogP contribution >= 0.6 is 0 Å². The third kappa shape index (κ3) is 3.60. The SMILES string of the molecule is CCCC(CC(=O)O)n1c(=O)n(C(C)c2c[nH]c3ccc(OC)cc23)c2ccccc21. The van der Waals surface area contributed by atoms with E-state index in [9.17, 15) is 14.7 Å². The molecular formula is C24H27N3O4. The fourth-order valence-electron chi connectivity index (χ4n) is 4.51. The van der Waals surface area contributed by atoms with Crippen LogP contribution in [0.3, 0.4) is 0 Å². The first kappa shape index (κ1) is 20.8. The molecule has 0 aliphatic heterocycles. The van der Waals surface area contributed by atoms with Gasteiger partial charge in [0.2, 0.25) is 0 Å². The number of aliphatic carboxylic acids is 1. The number of benzene rings is 2. The lowest BCUT2D eigenvalue weighted by molar-refractivity contribution is -0.137. The lowest BCUT2D eigenvalue weighted by Crippen LogP contribution is -2.30. The average Bonchev–Trinajstić information content (AvgIpc) is 3.30. The molecule has 31 heavy (non-hydrogen) atoms. The highest BCUT2D eigenvalue weighted by molar-refractivity contribution is 5.85. The number of para-hydroxylation sites is 2. The van der Waals surface area contributed by atoms with Crippen LogP contribution in [0.1, 0.15) is 50.8 Å². The van der Waals surface area contributed by atoms with E-state index in [0.717, 1.165) is 39.7 Å². The number of hydrogen-bond donors (Lipinski definition) is 2. The molecule has 7 nitrogen and oxygen atoms in total. The Labute approximate surface area is 179 Å². The topological polar surface area (TPSA) is 89.2 Å². The molecule has 0 radical (unpaired) electrons. The zero-order valence-corrected chi connectivity index (χ0v) is 18.0. The molecule has 0 amide bonds. The summed E-state index contributed by atoms with van der Waals surface area (Å²) in [5.41, 5.74) is 3.31. The molecule has 0 aliphatic rings. The molecule has 0 bridgehead atoms. The van der Waals surface area contributed by atoms with Crippen LogP contribution in [-0.4, -0.2) is 32.3 Å². The van der Waals surface area contributed by atoms with Crippen LogP contribution in [0.5, 0.6) is 5.75 Å². The number of carboxylic acids is 1. The van der Waals surface area contributed by atoms with Gasteiger partial charge in [0.25, 0.3) is 0 Å². The Bertz CT molecular complexity index is 1300. The van der Waals surface area contributed by atoms with Gasteiger partial charge in [0.1, 0.15) is 5.75 Å². The van der Waals surface area contributed by atoms with Crippen molar-refractivity contribution in [2.24, 2.45) is 0 Å². The van der Waals surface area contributed by atoms with Gasteiger partial charge in [0.05, 0.1) is 30.6 Å². The van der Waals surface area contributed by atoms with Crippen LogP contribution in [0.2, 0.25) is 0 Å². The number of aromatic nitrogens is 3. The summed E-state index contributed by atoms with van der Waals surface area (Å²) in [6.45, 7) is 3.99. The van der Waals surface area contributed by atoms with Crippen LogP contribution in [0.4, 0.5) is 0 Å². The zero-order valence-electron chi connectivity index (χ0n) is 18.0. The molecule has 2 aromatic heterocycles. The Balaban J connectivity index is 1.92. The van der Waals surface area contributed by atoms with E-state index in [-0.39, 0.29) is 18.2 Å². The van der Waals surface area contributed by atoms with Gasteiger partial charge in [-0.15, -0.1) is 0 Å². The number of nitrogens with zero attached hydrogens (tertiary/aromatic N) is 2. The molecule has 2 unspecified atom stereocenters. The van der Waals surface area contributed by atoms with Gasteiger partial charge in [-0.2, -0.15) is 0 Å². The second kappa shape index (κ2) is 8.34. The van der Waals surface area contributed by atoms with Gasteiger partial charge in [-0.25, -0.2) is 4.79 Å². The molecule has 0 aliphatic carbocycles. The van der Waals surface area contributed by atoms with E-state index >= 15 is 0 Å². The first-order valence-electron chi connectivity index (χ1n) is 10.5. The molecule has 2 atom stereocenters. The number of methoxy groups -OCH3 is 1. The Morgan fingerprint density at radius 1 is 1.16 bits per heavy atom. The monoisotopic (exact) mass is 421 g/mol. The Morgan fingerprint density at radius 2 is 1.87 bits per heavy atom. The molecule has 0 fully saturated rings. The van der Waals surface area contributed by atoms with Crippen LogP contribution in [0.15, 0.2) is 53.5 Å². The van der Waals surface area contributed by atoms with Crippen molar-refractivity contribution < 1.29 is 14.6 Å². The lowest BCUT2D eigenvalue weighted by atomic mass is 10.1. The molecule has 2 N–H and O–H groups in total. The van der Waals surface area contributed by atoms with Crippen LogP contribution < -0.4 is 10.4 Å². The van der Waals surface area contributed by atoms with E-state index in [4.69, 9.17) is 4.74 Å². The summed E-state index contributed by atoms with van der Waals surface area (Å²) in [6.07, 6.45) is 3.26. The van der Waals surface area contributed by atoms with Crippen LogP contribution in [-0.2, 0) is 4.79 Å². The molecule has 2 heterocycles. The number of aromatic amines is 1. The number of rotatable bonds is 8. The maximum absolute atomic E-state index is 13.7. The minimum absolute atomic E-state index is 0.0829. The zero-order chi connectivity index (χ0) is 22.1. The Morgan fingerprint density at radius 3 is 2.52 bits per heavy atom. The number of hydrogen-bond acceptors (Lipinski definition) is 3. The van der Waals surface area contributed by atoms with Crippen molar-refractivity contribution in [2.45, 2.75) is 45.2 Å². The van der Waals surface area contributed by atoms with Gasteiger partial charge in [-0.05, 0) is 43.7 Å². The number of nitrogens with one attached hydrogen (secondary N) is 1. The van der Waals surface area contributed by atoms with Gasteiger partial charge in [0, 0.05) is 28.7 Å². The second-order valence-electron chi connectivity index (χ2n) is 7.88. The largest absolute Gasteiger partial charge is 0.497 e. The smallest absolute Gasteiger partial charge is 0.329 e. The summed E-state index contributed by atoms with van der Waals surface area (Å²) in [5, 5.41) is 10.4. The number of carboxylic acid groups (broad SMARTS) is 1. The van der Waals surface area contributed by atoms with Gasteiger partial charge in [-0.3, -0.25) is 13.9 Å². The average molecular weight is 421 g/mol.